The van der Waals surface area contributed by atoms with Gasteiger partial charge in [0.15, 0.2) is 5.65 Å². The average Bonchev–Trinajstić information content (AvgIpc) is 3.53. The van der Waals surface area contributed by atoms with Crippen molar-refractivity contribution < 1.29 is 9.47 Å². The number of rotatable bonds is 7. The number of nitrogens with zero attached hydrogens (tertiary/aromatic N) is 7. The molecule has 3 aliphatic heterocycles. The van der Waals surface area contributed by atoms with Crippen LogP contribution >= 0.6 is 0 Å². The fourth-order valence-electron chi connectivity index (χ4n) is 5.71. The number of piperazine rings is 1. The molecule has 3 fully saturated rings. The van der Waals surface area contributed by atoms with Gasteiger partial charge in [0, 0.05) is 61.3 Å². The lowest BCUT2D eigenvalue weighted by Gasteiger charge is -2.56. The molecule has 0 amide bonds. The van der Waals surface area contributed by atoms with E-state index >= 15 is 0 Å². The lowest BCUT2D eigenvalue weighted by Crippen LogP contribution is -2.68. The molecule has 0 spiro atoms. The van der Waals surface area contributed by atoms with Gasteiger partial charge in [-0.1, -0.05) is 6.07 Å². The second-order valence-electron chi connectivity index (χ2n) is 9.68. The van der Waals surface area contributed by atoms with Crippen LogP contribution in [0.3, 0.4) is 0 Å². The zero-order chi connectivity index (χ0) is 24.9. The summed E-state index contributed by atoms with van der Waals surface area (Å²) in [6.45, 7) is 5.46. The number of aromatic amines is 1. The number of piperidine rings is 1. The van der Waals surface area contributed by atoms with Gasteiger partial charge in [0.2, 0.25) is 5.88 Å². The fourth-order valence-corrected chi connectivity index (χ4v) is 5.71. The number of ether oxygens (including phenoxy) is 2. The first-order chi connectivity index (χ1) is 18.2. The number of aromatic nitrogens is 6. The van der Waals surface area contributed by atoms with E-state index in [-0.39, 0.29) is 0 Å². The summed E-state index contributed by atoms with van der Waals surface area (Å²) in [6.07, 6.45) is 8.84. The number of nitrogens with one attached hydrogen (secondary N) is 1. The summed E-state index contributed by atoms with van der Waals surface area (Å²) in [7, 11) is 1.64. The maximum atomic E-state index is 5.82. The van der Waals surface area contributed by atoms with Crippen molar-refractivity contribution in [3.8, 4) is 22.8 Å². The Morgan fingerprint density at radius 2 is 1.95 bits per heavy atom. The molecule has 2 atom stereocenters. The molecule has 8 rings (SSSR count). The van der Waals surface area contributed by atoms with Crippen molar-refractivity contribution in [3.63, 3.8) is 0 Å². The highest BCUT2D eigenvalue weighted by atomic mass is 16.5. The Bertz CT molecular complexity index is 1550. The number of anilines is 1. The summed E-state index contributed by atoms with van der Waals surface area (Å²) >= 11 is 0. The van der Waals surface area contributed by atoms with E-state index in [4.69, 9.17) is 14.5 Å². The minimum absolute atomic E-state index is 0.533. The predicted octanol–water partition coefficient (Wildman–Crippen LogP) is 3.54. The molecule has 2 bridgehead atoms. The van der Waals surface area contributed by atoms with Crippen LogP contribution in [0.15, 0.2) is 55.1 Å². The number of hydrogen-bond donors (Lipinski definition) is 1. The Balaban J connectivity index is 1.11. The van der Waals surface area contributed by atoms with Gasteiger partial charge in [-0.2, -0.15) is 5.10 Å². The first-order valence-corrected chi connectivity index (χ1v) is 12.6. The number of fused-ring (bicyclic) bond motifs is 5. The Hall–Kier alpha value is -4.18. The maximum absolute atomic E-state index is 5.82. The third-order valence-electron chi connectivity index (χ3n) is 7.51. The summed E-state index contributed by atoms with van der Waals surface area (Å²) < 4.78 is 12.9. The van der Waals surface area contributed by atoms with Crippen molar-refractivity contribution in [1.82, 2.24) is 34.7 Å². The van der Waals surface area contributed by atoms with E-state index in [9.17, 15) is 0 Å². The molecule has 5 aromatic heterocycles. The van der Waals surface area contributed by atoms with Crippen LogP contribution in [-0.2, 0) is 6.54 Å². The molecule has 3 aliphatic rings. The van der Waals surface area contributed by atoms with Gasteiger partial charge < -0.3 is 14.4 Å². The van der Waals surface area contributed by atoms with Gasteiger partial charge in [0.25, 0.3) is 0 Å². The second-order valence-corrected chi connectivity index (χ2v) is 9.68. The van der Waals surface area contributed by atoms with Gasteiger partial charge in [0.1, 0.15) is 11.6 Å². The number of hydrogen-bond acceptors (Lipinski definition) is 8. The molecule has 10 nitrogen and oxygen atoms in total. The molecule has 1 N–H and O–H groups in total. The normalized spacial score (nSPS) is 19.4. The third-order valence-corrected chi connectivity index (χ3v) is 7.51. The zero-order valence-corrected chi connectivity index (χ0v) is 20.8. The van der Waals surface area contributed by atoms with Crippen molar-refractivity contribution in [2.75, 3.05) is 31.7 Å². The molecule has 0 aliphatic carbocycles. The molecule has 0 radical (unpaired) electrons. The van der Waals surface area contributed by atoms with Crippen LogP contribution in [0.5, 0.6) is 11.6 Å². The number of pyridine rings is 3. The Labute approximate surface area is 213 Å². The SMILES string of the molecule is CCOc1cc(-c2ccc(N3CC4CC(C3)N4Cc3ccc(OC)nc3)nc2)c2c3cn[nH]c3nn2c1. The highest BCUT2D eigenvalue weighted by Gasteiger charge is 2.44. The molecule has 2 unspecified atom stereocenters. The first kappa shape index (κ1) is 22.1. The number of methoxy groups -OCH3 is 1. The molecule has 10 heteroatoms. The molecule has 188 valence electrons. The van der Waals surface area contributed by atoms with Gasteiger partial charge in [-0.15, -0.1) is 5.10 Å². The van der Waals surface area contributed by atoms with Crippen LogP contribution in [0, 0.1) is 0 Å². The zero-order valence-electron chi connectivity index (χ0n) is 20.8. The van der Waals surface area contributed by atoms with E-state index in [1.54, 1.807) is 7.11 Å². The van der Waals surface area contributed by atoms with Crippen molar-refractivity contribution in [2.45, 2.75) is 32.0 Å². The first-order valence-electron chi connectivity index (χ1n) is 12.6. The van der Waals surface area contributed by atoms with Gasteiger partial charge in [0.05, 0.1) is 37.0 Å². The second kappa shape index (κ2) is 8.74. The summed E-state index contributed by atoms with van der Waals surface area (Å²) in [4.78, 5) is 14.2. The van der Waals surface area contributed by atoms with Gasteiger partial charge in [-0.05, 0) is 37.1 Å². The van der Waals surface area contributed by atoms with Crippen LogP contribution in [0.4, 0.5) is 5.82 Å². The standard InChI is InChI=1S/C27H28N8O2/c1-3-37-21-9-22(26-23-12-30-31-27(23)32-35(26)16-21)18-5-6-24(28-11-18)33-14-19-8-20(15-33)34(19)13-17-4-7-25(36-2)29-10-17/h4-7,9-12,16,19-20H,3,8,13-15H2,1-2H3,(H,31,32). The third kappa shape index (κ3) is 3.75. The summed E-state index contributed by atoms with van der Waals surface area (Å²) in [6, 6.07) is 11.4. The largest absolute Gasteiger partial charge is 0.492 e. The molecule has 8 heterocycles. The highest BCUT2D eigenvalue weighted by molar-refractivity contribution is 6.00. The number of H-pyrrole nitrogens is 1. The van der Waals surface area contributed by atoms with E-state index < -0.39 is 0 Å². The van der Waals surface area contributed by atoms with E-state index in [1.165, 1.54) is 12.0 Å². The lowest BCUT2D eigenvalue weighted by atomic mass is 9.87. The van der Waals surface area contributed by atoms with Gasteiger partial charge >= 0.3 is 0 Å². The van der Waals surface area contributed by atoms with Crippen LogP contribution in [-0.4, -0.2) is 73.6 Å². The van der Waals surface area contributed by atoms with Gasteiger partial charge in [-0.25, -0.2) is 14.5 Å². The summed E-state index contributed by atoms with van der Waals surface area (Å²) in [5.41, 5.74) is 5.01. The molecular formula is C27H28N8O2. The van der Waals surface area contributed by atoms with Crippen molar-refractivity contribution in [1.29, 1.82) is 0 Å². The van der Waals surface area contributed by atoms with Crippen LogP contribution in [0.1, 0.15) is 18.9 Å². The predicted molar refractivity (Wildman–Crippen MR) is 140 cm³/mol. The van der Waals surface area contributed by atoms with E-state index in [0.717, 1.165) is 58.9 Å². The van der Waals surface area contributed by atoms with Crippen molar-refractivity contribution in [2.24, 2.45) is 0 Å². The smallest absolute Gasteiger partial charge is 0.212 e. The summed E-state index contributed by atoms with van der Waals surface area (Å²) in [5.74, 6) is 2.44. The Kier molecular flexibility index (Phi) is 5.21. The molecular weight excluding hydrogens is 468 g/mol. The minimum atomic E-state index is 0.533. The van der Waals surface area contributed by atoms with Gasteiger partial charge in [-0.3, -0.25) is 10.00 Å². The average molecular weight is 497 g/mol. The maximum Gasteiger partial charge on any atom is 0.212 e. The quantitative estimate of drug-likeness (QED) is 0.366. The fraction of sp³-hybridized carbons (Fsp3) is 0.333. The Morgan fingerprint density at radius 3 is 2.68 bits per heavy atom. The monoisotopic (exact) mass is 496 g/mol. The molecule has 3 saturated heterocycles. The minimum Gasteiger partial charge on any atom is -0.492 e. The Morgan fingerprint density at radius 1 is 1.05 bits per heavy atom. The van der Waals surface area contributed by atoms with E-state index in [2.05, 4.69) is 54.3 Å². The van der Waals surface area contributed by atoms with Crippen molar-refractivity contribution in [3.05, 3.63) is 60.7 Å². The van der Waals surface area contributed by atoms with Crippen LogP contribution in [0.25, 0.3) is 27.7 Å². The van der Waals surface area contributed by atoms with Crippen LogP contribution in [0.2, 0.25) is 0 Å². The van der Waals surface area contributed by atoms with Crippen molar-refractivity contribution >= 4 is 22.4 Å². The van der Waals surface area contributed by atoms with E-state index in [1.807, 2.05) is 42.3 Å². The lowest BCUT2D eigenvalue weighted by molar-refractivity contribution is -0.00876. The molecule has 5 aromatic rings. The molecule has 37 heavy (non-hydrogen) atoms. The summed E-state index contributed by atoms with van der Waals surface area (Å²) in [5, 5.41) is 12.7. The molecule has 0 saturated carbocycles. The molecule has 0 aromatic carbocycles. The van der Waals surface area contributed by atoms with Crippen LogP contribution < -0.4 is 14.4 Å². The topological polar surface area (TPSA) is 96.7 Å². The van der Waals surface area contributed by atoms with E-state index in [0.29, 0.717) is 24.6 Å². The highest BCUT2D eigenvalue weighted by Crippen LogP contribution is 2.37.